The smallest absolute Gasteiger partial charge is 0.225 e. The summed E-state index contributed by atoms with van der Waals surface area (Å²) >= 11 is 0. The second-order valence-corrected chi connectivity index (χ2v) is 7.19. The third-order valence-electron chi connectivity index (χ3n) is 4.68. The molecule has 144 valence electrons. The number of carbonyl (C=O) groups excluding carboxylic acids is 1. The van der Waals surface area contributed by atoms with Gasteiger partial charge in [0.05, 0.1) is 24.7 Å². The van der Waals surface area contributed by atoms with Crippen LogP contribution in [0.1, 0.15) is 20.3 Å². The normalized spacial score (nSPS) is 14.4. The Morgan fingerprint density at radius 1 is 1.11 bits per heavy atom. The van der Waals surface area contributed by atoms with Gasteiger partial charge in [-0.15, -0.1) is 0 Å². The standard InChI is InChI=1S/C21H28N4O2/c1-16(2)14-21(26)23-20-9-8-17(15-22-20)24-10-12-25(13-11-24)18-6-4-5-7-19(18)27-3/h4-9,15-16H,10-14H2,1-3H3,(H,22,23,26). The maximum absolute atomic E-state index is 11.9. The summed E-state index contributed by atoms with van der Waals surface area (Å²) in [7, 11) is 1.71. The number of ether oxygens (including phenoxy) is 1. The van der Waals surface area contributed by atoms with Gasteiger partial charge < -0.3 is 19.9 Å². The molecule has 0 spiro atoms. The number of aromatic nitrogens is 1. The van der Waals surface area contributed by atoms with E-state index in [4.69, 9.17) is 4.74 Å². The Morgan fingerprint density at radius 2 is 1.81 bits per heavy atom. The molecule has 0 bridgehead atoms. The molecular formula is C21H28N4O2. The molecule has 0 unspecified atom stereocenters. The molecule has 0 atom stereocenters. The zero-order valence-corrected chi connectivity index (χ0v) is 16.3. The molecule has 0 radical (unpaired) electrons. The Labute approximate surface area is 161 Å². The van der Waals surface area contributed by atoms with Gasteiger partial charge in [-0.3, -0.25) is 4.79 Å². The molecule has 1 N–H and O–H groups in total. The van der Waals surface area contributed by atoms with Crippen molar-refractivity contribution in [2.24, 2.45) is 5.92 Å². The van der Waals surface area contributed by atoms with Gasteiger partial charge in [0.2, 0.25) is 5.91 Å². The predicted molar refractivity (Wildman–Crippen MR) is 110 cm³/mol. The van der Waals surface area contributed by atoms with Gasteiger partial charge in [0.25, 0.3) is 0 Å². The molecule has 6 heteroatoms. The summed E-state index contributed by atoms with van der Waals surface area (Å²) in [5.41, 5.74) is 2.22. The molecule has 2 aromatic rings. The van der Waals surface area contributed by atoms with Crippen LogP contribution in [0.15, 0.2) is 42.6 Å². The molecule has 0 aliphatic carbocycles. The number of piperazine rings is 1. The molecule has 6 nitrogen and oxygen atoms in total. The largest absolute Gasteiger partial charge is 0.495 e. The van der Waals surface area contributed by atoms with Gasteiger partial charge in [-0.2, -0.15) is 0 Å². The topological polar surface area (TPSA) is 57.7 Å². The lowest BCUT2D eigenvalue weighted by Crippen LogP contribution is -2.46. The van der Waals surface area contributed by atoms with Crippen LogP contribution in [0.2, 0.25) is 0 Å². The average molecular weight is 368 g/mol. The number of carbonyl (C=O) groups is 1. The van der Waals surface area contributed by atoms with Crippen LogP contribution < -0.4 is 19.9 Å². The number of rotatable bonds is 6. The average Bonchev–Trinajstić information content (AvgIpc) is 2.68. The highest BCUT2D eigenvalue weighted by Crippen LogP contribution is 2.29. The van der Waals surface area contributed by atoms with Crippen molar-refractivity contribution in [3.63, 3.8) is 0 Å². The molecule has 3 rings (SSSR count). The Morgan fingerprint density at radius 3 is 2.44 bits per heavy atom. The van der Waals surface area contributed by atoms with Crippen LogP contribution in [0, 0.1) is 5.92 Å². The molecule has 1 aliphatic heterocycles. The van der Waals surface area contributed by atoms with E-state index in [9.17, 15) is 4.79 Å². The van der Waals surface area contributed by atoms with Gasteiger partial charge in [0.15, 0.2) is 0 Å². The highest BCUT2D eigenvalue weighted by atomic mass is 16.5. The summed E-state index contributed by atoms with van der Waals surface area (Å²) in [5.74, 6) is 1.87. The summed E-state index contributed by atoms with van der Waals surface area (Å²) < 4.78 is 5.48. The number of para-hydroxylation sites is 2. The summed E-state index contributed by atoms with van der Waals surface area (Å²) in [6.45, 7) is 7.74. The van der Waals surface area contributed by atoms with Crippen molar-refractivity contribution in [1.82, 2.24) is 4.98 Å². The van der Waals surface area contributed by atoms with E-state index in [2.05, 4.69) is 26.2 Å². The van der Waals surface area contributed by atoms with Crippen molar-refractivity contribution in [3.8, 4) is 5.75 Å². The molecule has 0 saturated carbocycles. The summed E-state index contributed by atoms with van der Waals surface area (Å²) in [6, 6.07) is 12.0. The molecular weight excluding hydrogens is 340 g/mol. The Hall–Kier alpha value is -2.76. The number of nitrogens with one attached hydrogen (secondary N) is 1. The highest BCUT2D eigenvalue weighted by molar-refractivity contribution is 5.89. The first-order valence-corrected chi connectivity index (χ1v) is 9.45. The zero-order chi connectivity index (χ0) is 19.2. The van der Waals surface area contributed by atoms with Crippen molar-refractivity contribution in [2.45, 2.75) is 20.3 Å². The monoisotopic (exact) mass is 368 g/mol. The number of methoxy groups -OCH3 is 1. The Kier molecular flexibility index (Phi) is 6.16. The minimum Gasteiger partial charge on any atom is -0.495 e. The van der Waals surface area contributed by atoms with Crippen molar-refractivity contribution in [2.75, 3.05) is 48.4 Å². The maximum Gasteiger partial charge on any atom is 0.225 e. The fourth-order valence-electron chi connectivity index (χ4n) is 3.31. The van der Waals surface area contributed by atoms with Crippen molar-refractivity contribution in [1.29, 1.82) is 0 Å². The van der Waals surface area contributed by atoms with Gasteiger partial charge in [0.1, 0.15) is 11.6 Å². The van der Waals surface area contributed by atoms with E-state index in [1.165, 1.54) is 0 Å². The highest BCUT2D eigenvalue weighted by Gasteiger charge is 2.20. The fraction of sp³-hybridized carbons (Fsp3) is 0.429. The minimum atomic E-state index is 0.00988. The first kappa shape index (κ1) is 19.0. The van der Waals surface area contributed by atoms with Gasteiger partial charge in [-0.05, 0) is 30.2 Å². The summed E-state index contributed by atoms with van der Waals surface area (Å²) in [6.07, 6.45) is 2.35. The van der Waals surface area contributed by atoms with Crippen molar-refractivity contribution < 1.29 is 9.53 Å². The second-order valence-electron chi connectivity index (χ2n) is 7.19. The number of benzene rings is 1. The molecule has 1 aromatic heterocycles. The van der Waals surface area contributed by atoms with Crippen LogP contribution in [-0.4, -0.2) is 44.2 Å². The van der Waals surface area contributed by atoms with Crippen LogP contribution in [0.25, 0.3) is 0 Å². The van der Waals surface area contributed by atoms with Crippen LogP contribution in [0.4, 0.5) is 17.2 Å². The Bertz CT molecular complexity index is 753. The molecule has 27 heavy (non-hydrogen) atoms. The molecule has 1 aromatic carbocycles. The SMILES string of the molecule is COc1ccccc1N1CCN(c2ccc(NC(=O)CC(C)C)nc2)CC1. The lowest BCUT2D eigenvalue weighted by molar-refractivity contribution is -0.116. The second kappa shape index (κ2) is 8.75. The lowest BCUT2D eigenvalue weighted by Gasteiger charge is -2.37. The van der Waals surface area contributed by atoms with Gasteiger partial charge in [0, 0.05) is 32.6 Å². The molecule has 2 heterocycles. The molecule has 1 amide bonds. The first-order valence-electron chi connectivity index (χ1n) is 9.45. The quantitative estimate of drug-likeness (QED) is 0.847. The van der Waals surface area contributed by atoms with E-state index in [-0.39, 0.29) is 5.91 Å². The van der Waals surface area contributed by atoms with Crippen molar-refractivity contribution >= 4 is 23.1 Å². The van der Waals surface area contributed by atoms with Crippen LogP contribution >= 0.6 is 0 Å². The number of amides is 1. The zero-order valence-electron chi connectivity index (χ0n) is 16.3. The fourth-order valence-corrected chi connectivity index (χ4v) is 3.31. The van der Waals surface area contributed by atoms with Crippen LogP contribution in [0.3, 0.4) is 0 Å². The Balaban J connectivity index is 1.57. The van der Waals surface area contributed by atoms with E-state index >= 15 is 0 Å². The van der Waals surface area contributed by atoms with E-state index in [1.54, 1.807) is 7.11 Å². The lowest BCUT2D eigenvalue weighted by atomic mass is 10.1. The molecule has 1 fully saturated rings. The van der Waals surface area contributed by atoms with Gasteiger partial charge in [-0.25, -0.2) is 4.98 Å². The van der Waals surface area contributed by atoms with Gasteiger partial charge >= 0.3 is 0 Å². The number of anilines is 3. The summed E-state index contributed by atoms with van der Waals surface area (Å²) in [5, 5.41) is 2.85. The maximum atomic E-state index is 11.9. The minimum absolute atomic E-state index is 0.00988. The van der Waals surface area contributed by atoms with E-state index < -0.39 is 0 Å². The van der Waals surface area contributed by atoms with Crippen LogP contribution in [0.5, 0.6) is 5.75 Å². The van der Waals surface area contributed by atoms with E-state index in [0.717, 1.165) is 43.3 Å². The number of hydrogen-bond acceptors (Lipinski definition) is 5. The van der Waals surface area contributed by atoms with Gasteiger partial charge in [-0.1, -0.05) is 26.0 Å². The summed E-state index contributed by atoms with van der Waals surface area (Å²) in [4.78, 5) is 20.9. The molecule has 1 aliphatic rings. The number of pyridine rings is 1. The third kappa shape index (κ3) is 4.90. The van der Waals surface area contributed by atoms with Crippen LogP contribution in [-0.2, 0) is 4.79 Å². The van der Waals surface area contributed by atoms with E-state index in [1.807, 2.05) is 50.4 Å². The predicted octanol–water partition coefficient (Wildman–Crippen LogP) is 3.40. The third-order valence-corrected chi connectivity index (χ3v) is 4.68. The van der Waals surface area contributed by atoms with Crippen molar-refractivity contribution in [3.05, 3.63) is 42.6 Å². The van der Waals surface area contributed by atoms with E-state index in [0.29, 0.717) is 18.2 Å². The number of nitrogens with zero attached hydrogens (tertiary/aromatic N) is 3. The number of hydrogen-bond donors (Lipinski definition) is 1. The molecule has 1 saturated heterocycles. The first-order chi connectivity index (χ1) is 13.1.